The second-order valence-corrected chi connectivity index (χ2v) is 7.24. The van der Waals surface area contributed by atoms with E-state index in [0.29, 0.717) is 40.1 Å². The Balaban J connectivity index is 2.00. The third-order valence-corrected chi connectivity index (χ3v) is 5.15. The number of esters is 1. The van der Waals surface area contributed by atoms with Gasteiger partial charge in [-0.3, -0.25) is 14.2 Å². The zero-order valence-corrected chi connectivity index (χ0v) is 18.2. The molecule has 1 aromatic heterocycles. The molecule has 0 fully saturated rings. The first-order valence-corrected chi connectivity index (χ1v) is 10.3. The van der Waals surface area contributed by atoms with Crippen LogP contribution in [0.2, 0.25) is 0 Å². The van der Waals surface area contributed by atoms with E-state index in [4.69, 9.17) is 9.47 Å². The monoisotopic (exact) mass is 445 g/mol. The first-order valence-electron chi connectivity index (χ1n) is 10.3. The van der Waals surface area contributed by atoms with Crippen molar-refractivity contribution < 1.29 is 32.6 Å². The summed E-state index contributed by atoms with van der Waals surface area (Å²) in [5.74, 6) is -0.168. The first kappa shape index (κ1) is 23.2. The molecule has 0 aliphatic heterocycles. The minimum absolute atomic E-state index is 0.0145. The number of nitrogens with zero attached hydrogens (tertiary/aromatic N) is 1. The summed E-state index contributed by atoms with van der Waals surface area (Å²) >= 11 is 0. The number of benzene rings is 2. The molecule has 0 amide bonds. The number of hydrogen-bond acceptors (Lipinski definition) is 5. The molecule has 0 spiro atoms. The van der Waals surface area contributed by atoms with Crippen molar-refractivity contribution in [2.75, 3.05) is 13.7 Å². The summed E-state index contributed by atoms with van der Waals surface area (Å²) < 4.78 is 41.3. The molecule has 0 unspecified atom stereocenters. The van der Waals surface area contributed by atoms with Gasteiger partial charge in [-0.25, -0.2) is 0 Å². The lowest BCUT2D eigenvalue weighted by molar-refractivity contribution is -0.142. The predicted octanol–water partition coefficient (Wildman–Crippen LogP) is 5.13. The maximum absolute atomic E-state index is 13.3. The molecule has 32 heavy (non-hydrogen) atoms. The molecule has 0 aliphatic rings. The van der Waals surface area contributed by atoms with Gasteiger partial charge in [0.05, 0.1) is 25.7 Å². The number of unbranched alkanes of at least 4 members (excludes halogenated alkanes) is 1. The van der Waals surface area contributed by atoms with Crippen LogP contribution in [0.15, 0.2) is 42.5 Å². The average molecular weight is 445 g/mol. The number of fused-ring (bicyclic) bond motifs is 1. The largest absolute Gasteiger partial charge is 0.497 e. The Morgan fingerprint density at radius 1 is 1.06 bits per heavy atom. The van der Waals surface area contributed by atoms with Crippen LogP contribution in [0.4, 0.5) is 8.78 Å². The van der Waals surface area contributed by atoms with E-state index in [-0.39, 0.29) is 24.0 Å². The van der Waals surface area contributed by atoms with Crippen LogP contribution >= 0.6 is 0 Å². The Hall–Kier alpha value is -3.42. The van der Waals surface area contributed by atoms with Crippen molar-refractivity contribution in [3.05, 3.63) is 59.3 Å². The minimum atomic E-state index is -2.94. The van der Waals surface area contributed by atoms with Crippen molar-refractivity contribution in [3.8, 4) is 11.5 Å². The minimum Gasteiger partial charge on any atom is -0.497 e. The molecular formula is C24H25F2NO5. The second kappa shape index (κ2) is 10.3. The number of rotatable bonds is 9. The second-order valence-electron chi connectivity index (χ2n) is 7.24. The number of aromatic nitrogens is 1. The summed E-state index contributed by atoms with van der Waals surface area (Å²) in [5.41, 5.74) is 2.17. The summed E-state index contributed by atoms with van der Waals surface area (Å²) in [5, 5.41) is 0.709. The van der Waals surface area contributed by atoms with Crippen LogP contribution in [0.25, 0.3) is 10.9 Å². The molecule has 1 heterocycles. The number of carbonyl (C=O) groups excluding carboxylic acids is 2. The number of ether oxygens (including phenoxy) is 3. The van der Waals surface area contributed by atoms with E-state index in [1.807, 2.05) is 6.92 Å². The molecule has 0 saturated heterocycles. The Labute approximate surface area is 184 Å². The fourth-order valence-corrected chi connectivity index (χ4v) is 3.51. The van der Waals surface area contributed by atoms with Crippen molar-refractivity contribution in [1.82, 2.24) is 4.57 Å². The Morgan fingerprint density at radius 3 is 2.38 bits per heavy atom. The molecule has 0 bridgehead atoms. The predicted molar refractivity (Wildman–Crippen MR) is 116 cm³/mol. The maximum Gasteiger partial charge on any atom is 0.387 e. The zero-order valence-electron chi connectivity index (χ0n) is 18.2. The van der Waals surface area contributed by atoms with Crippen molar-refractivity contribution in [2.24, 2.45) is 0 Å². The van der Waals surface area contributed by atoms with Crippen LogP contribution in [0.1, 0.15) is 41.4 Å². The standard InChI is InChI=1S/C24H25F2NO5/c1-4-5-12-31-22(28)14-19-15(2)27(21-11-10-18(30-3)13-20(19)21)23(29)16-6-8-17(9-7-16)32-24(25)26/h6-11,13,24H,4-5,12,14H2,1-3H3. The summed E-state index contributed by atoms with van der Waals surface area (Å²) in [6, 6.07) is 10.7. The summed E-state index contributed by atoms with van der Waals surface area (Å²) in [7, 11) is 1.54. The lowest BCUT2D eigenvalue weighted by atomic mass is 10.1. The van der Waals surface area contributed by atoms with E-state index in [1.54, 1.807) is 25.1 Å². The van der Waals surface area contributed by atoms with Crippen LogP contribution in [-0.2, 0) is 16.0 Å². The van der Waals surface area contributed by atoms with E-state index in [1.165, 1.54) is 35.9 Å². The van der Waals surface area contributed by atoms with Gasteiger partial charge in [0.1, 0.15) is 11.5 Å². The SMILES string of the molecule is CCCCOC(=O)Cc1c(C)n(C(=O)c2ccc(OC(F)F)cc2)c2ccc(OC)cc12. The smallest absolute Gasteiger partial charge is 0.387 e. The average Bonchev–Trinajstić information content (AvgIpc) is 3.04. The molecule has 6 nitrogen and oxygen atoms in total. The van der Waals surface area contributed by atoms with Gasteiger partial charge in [-0.1, -0.05) is 13.3 Å². The van der Waals surface area contributed by atoms with Gasteiger partial charge in [0.2, 0.25) is 0 Å². The van der Waals surface area contributed by atoms with Gasteiger partial charge in [0.15, 0.2) is 0 Å². The number of alkyl halides is 2. The quantitative estimate of drug-likeness (QED) is 0.337. The first-order chi connectivity index (χ1) is 15.3. The molecule has 0 N–H and O–H groups in total. The van der Waals surface area contributed by atoms with Crippen LogP contribution in [0.3, 0.4) is 0 Å². The van der Waals surface area contributed by atoms with Gasteiger partial charge in [-0.05, 0) is 61.4 Å². The number of hydrogen-bond donors (Lipinski definition) is 0. The molecule has 0 saturated carbocycles. The number of carbonyl (C=O) groups is 2. The highest BCUT2D eigenvalue weighted by Crippen LogP contribution is 2.31. The topological polar surface area (TPSA) is 66.8 Å². The van der Waals surface area contributed by atoms with E-state index in [9.17, 15) is 18.4 Å². The third-order valence-electron chi connectivity index (χ3n) is 5.15. The third kappa shape index (κ3) is 5.07. The normalized spacial score (nSPS) is 11.1. The summed E-state index contributed by atoms with van der Waals surface area (Å²) in [6.07, 6.45) is 1.71. The van der Waals surface area contributed by atoms with Gasteiger partial charge in [-0.2, -0.15) is 8.78 Å². The molecule has 3 rings (SSSR count). The van der Waals surface area contributed by atoms with Gasteiger partial charge in [0.25, 0.3) is 5.91 Å². The van der Waals surface area contributed by atoms with Gasteiger partial charge < -0.3 is 14.2 Å². The molecule has 0 radical (unpaired) electrons. The highest BCUT2D eigenvalue weighted by atomic mass is 19.3. The van der Waals surface area contributed by atoms with Crippen molar-refractivity contribution in [1.29, 1.82) is 0 Å². The Kier molecular flexibility index (Phi) is 7.45. The molecule has 0 atom stereocenters. The van der Waals surface area contributed by atoms with Crippen molar-refractivity contribution in [2.45, 2.75) is 39.7 Å². The Morgan fingerprint density at radius 2 is 1.75 bits per heavy atom. The lowest BCUT2D eigenvalue weighted by Gasteiger charge is -2.09. The zero-order chi connectivity index (χ0) is 23.3. The van der Waals surface area contributed by atoms with Crippen LogP contribution in [0, 0.1) is 6.92 Å². The van der Waals surface area contributed by atoms with E-state index < -0.39 is 6.61 Å². The fourth-order valence-electron chi connectivity index (χ4n) is 3.51. The molecule has 3 aromatic rings. The summed E-state index contributed by atoms with van der Waals surface area (Å²) in [6.45, 7) is 1.17. The molecule has 0 aliphatic carbocycles. The van der Waals surface area contributed by atoms with Gasteiger partial charge in [0, 0.05) is 16.6 Å². The molecule has 8 heteroatoms. The van der Waals surface area contributed by atoms with Gasteiger partial charge in [-0.15, -0.1) is 0 Å². The summed E-state index contributed by atoms with van der Waals surface area (Å²) in [4.78, 5) is 25.7. The lowest BCUT2D eigenvalue weighted by Crippen LogP contribution is -2.15. The van der Waals surface area contributed by atoms with Crippen molar-refractivity contribution >= 4 is 22.8 Å². The molecule has 2 aromatic carbocycles. The number of methoxy groups -OCH3 is 1. The van der Waals surface area contributed by atoms with E-state index in [0.717, 1.165) is 12.8 Å². The van der Waals surface area contributed by atoms with Crippen LogP contribution in [0.5, 0.6) is 11.5 Å². The van der Waals surface area contributed by atoms with Crippen LogP contribution in [-0.4, -0.2) is 36.8 Å². The highest BCUT2D eigenvalue weighted by molar-refractivity contribution is 6.05. The van der Waals surface area contributed by atoms with E-state index >= 15 is 0 Å². The van der Waals surface area contributed by atoms with Crippen LogP contribution < -0.4 is 9.47 Å². The molecule has 170 valence electrons. The highest BCUT2D eigenvalue weighted by Gasteiger charge is 2.22. The molecular weight excluding hydrogens is 420 g/mol. The number of halogens is 2. The Bertz CT molecular complexity index is 1110. The van der Waals surface area contributed by atoms with E-state index in [2.05, 4.69) is 4.74 Å². The maximum atomic E-state index is 13.3. The van der Waals surface area contributed by atoms with Crippen molar-refractivity contribution in [3.63, 3.8) is 0 Å². The fraction of sp³-hybridized carbons (Fsp3) is 0.333. The van der Waals surface area contributed by atoms with Gasteiger partial charge >= 0.3 is 12.6 Å².